The lowest BCUT2D eigenvalue weighted by molar-refractivity contribution is 0.288. The molecule has 1 N–H and O–H groups in total. The van der Waals surface area contributed by atoms with Crippen molar-refractivity contribution in [3.05, 3.63) is 131 Å². The Kier molecular flexibility index (Phi) is 15.0. The molecule has 0 heterocycles. The summed E-state index contributed by atoms with van der Waals surface area (Å²) in [5.74, 6) is 7.43. The van der Waals surface area contributed by atoms with E-state index in [9.17, 15) is 0 Å². The van der Waals surface area contributed by atoms with Crippen LogP contribution in [0.3, 0.4) is 0 Å². The maximum absolute atomic E-state index is 6.37. The van der Waals surface area contributed by atoms with Gasteiger partial charge in [-0.05, 0) is 70.8 Å². The SMILES string of the molecule is COc1cc(COc2cc(Nc3cc(OCc4cc(OC)cc(OC)c4)cc(OCc4cc(OC)cc(OC)c4)c3)cc(OCc3cc(OC)cc(OC)c3)c2)cc(OC)c1. The summed E-state index contributed by atoms with van der Waals surface area (Å²) in [6.07, 6.45) is 0. The van der Waals surface area contributed by atoms with E-state index in [1.54, 1.807) is 56.9 Å². The fourth-order valence-corrected chi connectivity index (χ4v) is 6.25. The van der Waals surface area contributed by atoms with Gasteiger partial charge in [-0.1, -0.05) is 0 Å². The van der Waals surface area contributed by atoms with E-state index in [1.165, 1.54) is 0 Å². The average molecular weight is 834 g/mol. The molecule has 0 aromatic heterocycles. The van der Waals surface area contributed by atoms with Gasteiger partial charge in [0.1, 0.15) is 95.4 Å². The van der Waals surface area contributed by atoms with Crippen molar-refractivity contribution in [2.75, 3.05) is 62.2 Å². The van der Waals surface area contributed by atoms with Crippen molar-refractivity contribution >= 4 is 11.4 Å². The van der Waals surface area contributed by atoms with Crippen molar-refractivity contribution in [2.45, 2.75) is 26.4 Å². The molecule has 0 radical (unpaired) electrons. The average Bonchev–Trinajstić information content (AvgIpc) is 3.30. The molecule has 6 aromatic rings. The molecule has 320 valence electrons. The molecule has 61 heavy (non-hydrogen) atoms. The Morgan fingerprint density at radius 1 is 0.246 bits per heavy atom. The van der Waals surface area contributed by atoms with Gasteiger partial charge in [-0.2, -0.15) is 0 Å². The first-order chi connectivity index (χ1) is 29.7. The highest BCUT2D eigenvalue weighted by atomic mass is 16.5. The van der Waals surface area contributed by atoms with E-state index in [0.717, 1.165) is 22.3 Å². The number of methoxy groups -OCH3 is 8. The van der Waals surface area contributed by atoms with Crippen molar-refractivity contribution in [3.63, 3.8) is 0 Å². The van der Waals surface area contributed by atoms with Crippen molar-refractivity contribution in [2.24, 2.45) is 0 Å². The van der Waals surface area contributed by atoms with Crippen molar-refractivity contribution in [3.8, 4) is 69.0 Å². The Balaban J connectivity index is 1.32. The highest BCUT2D eigenvalue weighted by molar-refractivity contribution is 5.66. The number of benzene rings is 6. The second-order valence-corrected chi connectivity index (χ2v) is 13.5. The van der Waals surface area contributed by atoms with E-state index in [-0.39, 0.29) is 26.4 Å². The monoisotopic (exact) mass is 833 g/mol. The number of ether oxygens (including phenoxy) is 12. The molecule has 0 unspecified atom stereocenters. The largest absolute Gasteiger partial charge is 0.497 e. The number of nitrogens with one attached hydrogen (secondary N) is 1. The quantitative estimate of drug-likeness (QED) is 0.0699. The summed E-state index contributed by atoms with van der Waals surface area (Å²) in [6, 6.07) is 33.6. The van der Waals surface area contributed by atoms with Crippen LogP contribution >= 0.6 is 0 Å². The predicted molar refractivity (Wildman–Crippen MR) is 232 cm³/mol. The zero-order valence-corrected chi connectivity index (χ0v) is 35.6. The first-order valence-electron chi connectivity index (χ1n) is 19.2. The normalized spacial score (nSPS) is 10.6. The van der Waals surface area contributed by atoms with Gasteiger partial charge in [0.05, 0.1) is 56.9 Å². The second-order valence-electron chi connectivity index (χ2n) is 13.5. The highest BCUT2D eigenvalue weighted by Crippen LogP contribution is 2.35. The van der Waals surface area contributed by atoms with Gasteiger partial charge in [-0.15, -0.1) is 0 Å². The lowest BCUT2D eigenvalue weighted by atomic mass is 10.2. The Morgan fingerprint density at radius 2 is 0.426 bits per heavy atom. The van der Waals surface area contributed by atoms with Gasteiger partial charge in [-0.3, -0.25) is 0 Å². The summed E-state index contributed by atoms with van der Waals surface area (Å²) in [5, 5.41) is 3.52. The van der Waals surface area contributed by atoms with Gasteiger partial charge in [0.15, 0.2) is 0 Å². The fourth-order valence-electron chi connectivity index (χ4n) is 6.25. The topological polar surface area (TPSA) is 123 Å². The molecule has 13 nitrogen and oxygen atoms in total. The van der Waals surface area contributed by atoms with Gasteiger partial charge >= 0.3 is 0 Å². The number of hydrogen-bond donors (Lipinski definition) is 1. The highest BCUT2D eigenvalue weighted by Gasteiger charge is 2.13. The standard InChI is InChI=1S/C48H51NO12/c1-50-37-9-31(10-38(21-37)51-2)27-58-45-17-35(18-46(25-45)59-28-32-11-39(52-3)22-40(12-32)53-4)49-36-19-47(60-29-33-13-41(54-5)23-42(14-33)55-6)26-48(20-36)61-30-34-15-43(56-7)24-44(16-34)57-8/h9-26,49H,27-30H2,1-8H3. The van der Waals surface area contributed by atoms with Crippen molar-refractivity contribution in [1.82, 2.24) is 0 Å². The Bertz CT molecular complexity index is 1970. The van der Waals surface area contributed by atoms with Gasteiger partial charge in [-0.25, -0.2) is 0 Å². The van der Waals surface area contributed by atoms with Gasteiger partial charge in [0.25, 0.3) is 0 Å². The van der Waals surface area contributed by atoms with E-state index in [2.05, 4.69) is 5.32 Å². The molecule has 0 aliphatic carbocycles. The molecule has 0 bridgehead atoms. The minimum Gasteiger partial charge on any atom is -0.497 e. The molecule has 0 saturated heterocycles. The third-order valence-electron chi connectivity index (χ3n) is 9.32. The van der Waals surface area contributed by atoms with Crippen LogP contribution in [0.2, 0.25) is 0 Å². The molecule has 0 aliphatic heterocycles. The zero-order valence-electron chi connectivity index (χ0n) is 35.6. The third-order valence-corrected chi connectivity index (χ3v) is 9.32. The number of hydrogen-bond acceptors (Lipinski definition) is 13. The summed E-state index contributed by atoms with van der Waals surface area (Å²) >= 11 is 0. The first kappa shape index (κ1) is 43.3. The van der Waals surface area contributed by atoms with E-state index in [0.29, 0.717) is 80.4 Å². The van der Waals surface area contributed by atoms with Gasteiger partial charge in [0, 0.05) is 72.0 Å². The fraction of sp³-hybridized carbons (Fsp3) is 0.250. The molecule has 0 atom stereocenters. The Labute approximate surface area is 356 Å². The molecule has 0 saturated carbocycles. The predicted octanol–water partition coefficient (Wildman–Crippen LogP) is 9.81. The maximum atomic E-state index is 6.37. The van der Waals surface area contributed by atoms with Crippen molar-refractivity contribution in [1.29, 1.82) is 0 Å². The van der Waals surface area contributed by atoms with Gasteiger partial charge < -0.3 is 62.2 Å². The van der Waals surface area contributed by atoms with E-state index < -0.39 is 0 Å². The van der Waals surface area contributed by atoms with E-state index >= 15 is 0 Å². The van der Waals surface area contributed by atoms with Crippen LogP contribution in [0.5, 0.6) is 69.0 Å². The first-order valence-corrected chi connectivity index (χ1v) is 19.2. The lowest BCUT2D eigenvalue weighted by Crippen LogP contribution is -2.02. The van der Waals surface area contributed by atoms with Crippen LogP contribution < -0.4 is 62.2 Å². The van der Waals surface area contributed by atoms with Crippen LogP contribution in [0, 0.1) is 0 Å². The number of anilines is 2. The smallest absolute Gasteiger partial charge is 0.125 e. The Hall–Kier alpha value is -7.28. The molecule has 0 fully saturated rings. The zero-order chi connectivity index (χ0) is 43.1. The third kappa shape index (κ3) is 12.4. The summed E-state index contributed by atoms with van der Waals surface area (Å²) in [6.45, 7) is 0.924. The summed E-state index contributed by atoms with van der Waals surface area (Å²) in [5.41, 5.74) is 4.78. The number of rotatable bonds is 22. The molecule has 6 aromatic carbocycles. The summed E-state index contributed by atoms with van der Waals surface area (Å²) in [4.78, 5) is 0. The van der Waals surface area contributed by atoms with Gasteiger partial charge in [0.2, 0.25) is 0 Å². The van der Waals surface area contributed by atoms with Crippen molar-refractivity contribution < 1.29 is 56.8 Å². The van der Waals surface area contributed by atoms with Crippen LogP contribution in [0.4, 0.5) is 11.4 Å². The van der Waals surface area contributed by atoms with Crippen LogP contribution in [0.15, 0.2) is 109 Å². The van der Waals surface area contributed by atoms with E-state index in [4.69, 9.17) is 56.8 Å². The minimum absolute atomic E-state index is 0.231. The molecule has 0 aliphatic rings. The molecule has 6 rings (SSSR count). The molecule has 0 amide bonds. The van der Waals surface area contributed by atoms with Crippen LogP contribution in [-0.2, 0) is 26.4 Å². The van der Waals surface area contributed by atoms with Crippen LogP contribution in [0.1, 0.15) is 22.3 Å². The van der Waals surface area contributed by atoms with Crippen LogP contribution in [-0.4, -0.2) is 56.9 Å². The molecule has 13 heteroatoms. The Morgan fingerprint density at radius 3 is 0.607 bits per heavy atom. The molecular formula is C48H51NO12. The van der Waals surface area contributed by atoms with E-state index in [1.807, 2.05) is 109 Å². The molecule has 0 spiro atoms. The second kappa shape index (κ2) is 21.1. The minimum atomic E-state index is 0.231. The lowest BCUT2D eigenvalue weighted by Gasteiger charge is -2.17. The molecular weight excluding hydrogens is 783 g/mol. The van der Waals surface area contributed by atoms with Crippen LogP contribution in [0.25, 0.3) is 0 Å². The summed E-state index contributed by atoms with van der Waals surface area (Å²) < 4.78 is 69.3. The maximum Gasteiger partial charge on any atom is 0.125 e. The summed E-state index contributed by atoms with van der Waals surface area (Å²) in [7, 11) is 12.9.